The Bertz CT molecular complexity index is 168. The number of nitrogens with one attached hydrogen (secondary N) is 1. The molecule has 1 N–H and O–H groups in total. The molecule has 0 saturated carbocycles. The van der Waals surface area contributed by atoms with Crippen LogP contribution in [0.2, 0.25) is 0 Å². The van der Waals surface area contributed by atoms with Gasteiger partial charge in [-0.25, -0.2) is 0 Å². The van der Waals surface area contributed by atoms with E-state index in [2.05, 4.69) is 37.9 Å². The van der Waals surface area contributed by atoms with Crippen molar-refractivity contribution in [2.24, 2.45) is 5.92 Å². The molecule has 0 spiro atoms. The Hall–Kier alpha value is -0.0800. The van der Waals surface area contributed by atoms with Gasteiger partial charge in [0.15, 0.2) is 0 Å². The maximum absolute atomic E-state index is 3.77. The largest absolute Gasteiger partial charge is 0.310 e. The number of piperidine rings is 1. The quantitative estimate of drug-likeness (QED) is 0.753. The highest BCUT2D eigenvalue weighted by Gasteiger charge is 2.19. The molecule has 1 heterocycles. The predicted octanol–water partition coefficient (Wildman–Crippen LogP) is 2.49. The van der Waals surface area contributed by atoms with Crippen LogP contribution in [-0.4, -0.2) is 36.6 Å². The molecule has 0 bridgehead atoms. The molecule has 1 rings (SSSR count). The van der Waals surface area contributed by atoms with Gasteiger partial charge in [0.05, 0.1) is 0 Å². The van der Waals surface area contributed by atoms with Crippen LogP contribution >= 0.6 is 0 Å². The minimum atomic E-state index is 0.673. The first-order chi connectivity index (χ1) is 7.11. The summed E-state index contributed by atoms with van der Waals surface area (Å²) < 4.78 is 0. The van der Waals surface area contributed by atoms with Crippen LogP contribution in [-0.2, 0) is 0 Å². The van der Waals surface area contributed by atoms with Crippen molar-refractivity contribution in [2.75, 3.05) is 19.6 Å². The van der Waals surface area contributed by atoms with Crippen LogP contribution in [0.3, 0.4) is 0 Å². The first-order valence-electron chi connectivity index (χ1n) is 6.60. The SMILES string of the molecule is CCN1CCCC(NC(C)CC(C)C)C1. The van der Waals surface area contributed by atoms with E-state index in [9.17, 15) is 0 Å². The fraction of sp³-hybridized carbons (Fsp3) is 1.00. The smallest absolute Gasteiger partial charge is 0.0197 e. The van der Waals surface area contributed by atoms with Gasteiger partial charge in [-0.3, -0.25) is 0 Å². The summed E-state index contributed by atoms with van der Waals surface area (Å²) in [6.07, 6.45) is 4.02. The van der Waals surface area contributed by atoms with Crippen LogP contribution in [0.5, 0.6) is 0 Å². The monoisotopic (exact) mass is 212 g/mol. The lowest BCUT2D eigenvalue weighted by Crippen LogP contribution is -2.48. The van der Waals surface area contributed by atoms with Crippen LogP contribution < -0.4 is 5.32 Å². The Balaban J connectivity index is 2.25. The molecule has 1 fully saturated rings. The van der Waals surface area contributed by atoms with Gasteiger partial charge in [0, 0.05) is 18.6 Å². The molecule has 2 unspecified atom stereocenters. The van der Waals surface area contributed by atoms with Crippen molar-refractivity contribution in [1.82, 2.24) is 10.2 Å². The zero-order valence-corrected chi connectivity index (χ0v) is 10.9. The summed E-state index contributed by atoms with van der Waals surface area (Å²) in [5.41, 5.74) is 0. The highest BCUT2D eigenvalue weighted by Crippen LogP contribution is 2.12. The highest BCUT2D eigenvalue weighted by atomic mass is 15.2. The first-order valence-corrected chi connectivity index (χ1v) is 6.60. The summed E-state index contributed by atoms with van der Waals surface area (Å²) in [5, 5.41) is 3.77. The van der Waals surface area contributed by atoms with E-state index < -0.39 is 0 Å². The third-order valence-electron chi connectivity index (χ3n) is 3.30. The molecular formula is C13H28N2. The van der Waals surface area contributed by atoms with E-state index in [0.29, 0.717) is 6.04 Å². The Morgan fingerprint density at radius 2 is 2.07 bits per heavy atom. The fourth-order valence-corrected chi connectivity index (χ4v) is 2.66. The average molecular weight is 212 g/mol. The highest BCUT2D eigenvalue weighted by molar-refractivity contribution is 4.80. The van der Waals surface area contributed by atoms with Crippen LogP contribution in [0.15, 0.2) is 0 Å². The van der Waals surface area contributed by atoms with Gasteiger partial charge in [-0.1, -0.05) is 20.8 Å². The molecule has 2 atom stereocenters. The molecule has 0 radical (unpaired) electrons. The first kappa shape index (κ1) is 13.0. The van der Waals surface area contributed by atoms with Gasteiger partial charge in [0.25, 0.3) is 0 Å². The van der Waals surface area contributed by atoms with Crippen molar-refractivity contribution >= 4 is 0 Å². The number of hydrogen-bond acceptors (Lipinski definition) is 2. The molecule has 0 aromatic carbocycles. The average Bonchev–Trinajstić information content (AvgIpc) is 2.16. The van der Waals surface area contributed by atoms with Gasteiger partial charge in [0.2, 0.25) is 0 Å². The molecule has 90 valence electrons. The molecule has 0 amide bonds. The Morgan fingerprint density at radius 1 is 1.33 bits per heavy atom. The Morgan fingerprint density at radius 3 is 2.67 bits per heavy atom. The van der Waals surface area contributed by atoms with Crippen molar-refractivity contribution < 1.29 is 0 Å². The van der Waals surface area contributed by atoms with Gasteiger partial charge in [-0.15, -0.1) is 0 Å². The van der Waals surface area contributed by atoms with Gasteiger partial charge in [-0.05, 0) is 45.2 Å². The standard InChI is InChI=1S/C13H28N2/c1-5-15-8-6-7-13(10-15)14-12(4)9-11(2)3/h11-14H,5-10H2,1-4H3. The fourth-order valence-electron chi connectivity index (χ4n) is 2.66. The maximum Gasteiger partial charge on any atom is 0.0197 e. The molecular weight excluding hydrogens is 184 g/mol. The molecule has 1 saturated heterocycles. The van der Waals surface area contributed by atoms with Crippen molar-refractivity contribution in [3.63, 3.8) is 0 Å². The second kappa shape index (κ2) is 6.49. The zero-order chi connectivity index (χ0) is 11.3. The molecule has 15 heavy (non-hydrogen) atoms. The minimum Gasteiger partial charge on any atom is -0.310 e. The van der Waals surface area contributed by atoms with Crippen LogP contribution in [0.25, 0.3) is 0 Å². The summed E-state index contributed by atoms with van der Waals surface area (Å²) >= 11 is 0. The van der Waals surface area contributed by atoms with E-state index in [0.717, 1.165) is 12.0 Å². The van der Waals surface area contributed by atoms with E-state index in [-0.39, 0.29) is 0 Å². The van der Waals surface area contributed by atoms with Crippen molar-refractivity contribution in [2.45, 2.75) is 59.0 Å². The summed E-state index contributed by atoms with van der Waals surface area (Å²) in [7, 11) is 0. The molecule has 0 aliphatic carbocycles. The number of rotatable bonds is 5. The van der Waals surface area contributed by atoms with Gasteiger partial charge >= 0.3 is 0 Å². The Kier molecular flexibility index (Phi) is 5.62. The number of nitrogens with zero attached hydrogens (tertiary/aromatic N) is 1. The lowest BCUT2D eigenvalue weighted by Gasteiger charge is -2.34. The third kappa shape index (κ3) is 4.98. The van der Waals surface area contributed by atoms with Crippen molar-refractivity contribution in [3.05, 3.63) is 0 Å². The van der Waals surface area contributed by atoms with E-state index in [1.807, 2.05) is 0 Å². The topological polar surface area (TPSA) is 15.3 Å². The Labute approximate surface area is 95.4 Å². The molecule has 0 aromatic heterocycles. The summed E-state index contributed by atoms with van der Waals surface area (Å²) in [6, 6.07) is 1.40. The summed E-state index contributed by atoms with van der Waals surface area (Å²) in [6.45, 7) is 12.9. The maximum atomic E-state index is 3.77. The second-order valence-corrected chi connectivity index (χ2v) is 5.43. The predicted molar refractivity (Wildman–Crippen MR) is 67.2 cm³/mol. The molecule has 2 heteroatoms. The zero-order valence-electron chi connectivity index (χ0n) is 10.9. The third-order valence-corrected chi connectivity index (χ3v) is 3.30. The van der Waals surface area contributed by atoms with Gasteiger partial charge < -0.3 is 10.2 Å². The van der Waals surface area contributed by atoms with Gasteiger partial charge in [-0.2, -0.15) is 0 Å². The van der Waals surface area contributed by atoms with E-state index in [1.54, 1.807) is 0 Å². The van der Waals surface area contributed by atoms with Crippen LogP contribution in [0.4, 0.5) is 0 Å². The minimum absolute atomic E-state index is 0.673. The van der Waals surface area contributed by atoms with Gasteiger partial charge in [0.1, 0.15) is 0 Å². The molecule has 1 aliphatic heterocycles. The van der Waals surface area contributed by atoms with Crippen molar-refractivity contribution in [3.8, 4) is 0 Å². The lowest BCUT2D eigenvalue weighted by atomic mass is 10.0. The van der Waals surface area contributed by atoms with E-state index >= 15 is 0 Å². The number of hydrogen-bond donors (Lipinski definition) is 1. The van der Waals surface area contributed by atoms with E-state index in [4.69, 9.17) is 0 Å². The molecule has 1 aliphatic rings. The molecule has 0 aromatic rings. The number of likely N-dealkylation sites (N-methyl/N-ethyl adjacent to an activating group) is 1. The normalized spacial score (nSPS) is 25.8. The van der Waals surface area contributed by atoms with E-state index in [1.165, 1.54) is 38.9 Å². The van der Waals surface area contributed by atoms with Crippen molar-refractivity contribution in [1.29, 1.82) is 0 Å². The summed E-state index contributed by atoms with van der Waals surface area (Å²) in [4.78, 5) is 2.56. The lowest BCUT2D eigenvalue weighted by molar-refractivity contribution is 0.188. The second-order valence-electron chi connectivity index (χ2n) is 5.43. The molecule has 2 nitrogen and oxygen atoms in total. The number of likely N-dealkylation sites (tertiary alicyclic amines) is 1. The summed E-state index contributed by atoms with van der Waals surface area (Å²) in [5.74, 6) is 0.804. The van der Waals surface area contributed by atoms with Crippen LogP contribution in [0.1, 0.15) is 47.0 Å². The van der Waals surface area contributed by atoms with Crippen LogP contribution in [0, 0.1) is 5.92 Å².